The second kappa shape index (κ2) is 10.7. The lowest BCUT2D eigenvalue weighted by atomic mass is 9.80. The van der Waals surface area contributed by atoms with Crippen molar-refractivity contribution in [3.63, 3.8) is 0 Å². The van der Waals surface area contributed by atoms with Gasteiger partial charge in [-0.25, -0.2) is 8.78 Å². The minimum absolute atomic E-state index is 0.123. The summed E-state index contributed by atoms with van der Waals surface area (Å²) >= 11 is 0. The summed E-state index contributed by atoms with van der Waals surface area (Å²) in [6.07, 6.45) is 3.28. The lowest BCUT2D eigenvalue weighted by molar-refractivity contribution is -0.134. The number of hydrogen-bond acceptors (Lipinski definition) is 5. The van der Waals surface area contributed by atoms with Crippen molar-refractivity contribution in [3.8, 4) is 16.9 Å². The third kappa shape index (κ3) is 6.06. The van der Waals surface area contributed by atoms with Crippen LogP contribution in [-0.2, 0) is 9.53 Å². The molecule has 1 unspecified atom stereocenters. The Morgan fingerprint density at radius 2 is 1.88 bits per heavy atom. The molecule has 7 nitrogen and oxygen atoms in total. The van der Waals surface area contributed by atoms with E-state index in [1.54, 1.807) is 0 Å². The first-order valence-corrected chi connectivity index (χ1v) is 10.9. The molecule has 2 aromatic rings. The molecule has 1 spiro atoms. The Kier molecular flexibility index (Phi) is 7.99. The van der Waals surface area contributed by atoms with E-state index in [-0.39, 0.29) is 22.7 Å². The first-order chi connectivity index (χ1) is 15.7. The number of ether oxygens (including phenoxy) is 1. The van der Waals surface area contributed by atoms with E-state index in [0.717, 1.165) is 57.8 Å². The number of amides is 1. The summed E-state index contributed by atoms with van der Waals surface area (Å²) in [5.74, 6) is -3.24. The number of aromatic hydroxyl groups is 1. The molecular weight excluding hydrogens is 434 g/mol. The number of carbonyl (C=O) groups excluding carboxylic acids is 1. The van der Waals surface area contributed by atoms with Gasteiger partial charge in [0.15, 0.2) is 11.6 Å². The van der Waals surface area contributed by atoms with Crippen LogP contribution in [0.2, 0.25) is 0 Å². The smallest absolute Gasteiger partial charge is 0.300 e. The lowest BCUT2D eigenvalue weighted by Gasteiger charge is -2.46. The van der Waals surface area contributed by atoms with Gasteiger partial charge in [-0.3, -0.25) is 9.59 Å². The molecule has 1 amide bonds. The van der Waals surface area contributed by atoms with Gasteiger partial charge in [-0.1, -0.05) is 12.1 Å². The molecule has 1 atom stereocenters. The van der Waals surface area contributed by atoms with Gasteiger partial charge in [0.25, 0.3) is 11.9 Å². The van der Waals surface area contributed by atoms with Crippen molar-refractivity contribution in [2.45, 2.75) is 44.2 Å². The molecule has 2 aliphatic rings. The summed E-state index contributed by atoms with van der Waals surface area (Å²) in [4.78, 5) is 21.9. The molecule has 0 aromatic heterocycles. The van der Waals surface area contributed by atoms with Crippen LogP contribution in [0.5, 0.6) is 5.75 Å². The summed E-state index contributed by atoms with van der Waals surface area (Å²) in [6.45, 7) is 3.42. The van der Waals surface area contributed by atoms with Crippen LogP contribution in [-0.4, -0.2) is 53.4 Å². The largest absolute Gasteiger partial charge is 0.504 e. The number of phenolic OH excluding ortho intramolecular Hbond substituents is 1. The second-order valence-electron chi connectivity index (χ2n) is 8.22. The van der Waals surface area contributed by atoms with E-state index in [1.807, 2.05) is 0 Å². The zero-order valence-corrected chi connectivity index (χ0v) is 18.4. The number of carboxylic acid groups (broad SMARTS) is 1. The monoisotopic (exact) mass is 462 g/mol. The summed E-state index contributed by atoms with van der Waals surface area (Å²) in [7, 11) is 0. The van der Waals surface area contributed by atoms with Gasteiger partial charge in [-0.05, 0) is 68.6 Å². The molecule has 2 aliphatic heterocycles. The standard InChI is InChI=1S/C22H24F2N2O3.C2H4O2/c23-16-12-14(17-3-1-4-18(24)20(17)27)11-15(13-16)21(28)26-19-5-2-10-29-22(19)6-8-25-9-7-22;1-2(3)4/h1,3-4,11-13,19,25,27H,2,5-10H2,(H,26,28);1H3,(H,3,4). The predicted octanol–water partition coefficient (Wildman–Crippen LogP) is 3.46. The van der Waals surface area contributed by atoms with Crippen LogP contribution in [0.15, 0.2) is 36.4 Å². The topological polar surface area (TPSA) is 108 Å². The SMILES string of the molecule is CC(=O)O.O=C(NC1CCCOC12CCNCC2)c1cc(F)cc(-c2cccc(F)c2O)c1. The van der Waals surface area contributed by atoms with E-state index in [2.05, 4.69) is 10.6 Å². The van der Waals surface area contributed by atoms with Crippen LogP contribution in [0.3, 0.4) is 0 Å². The summed E-state index contributed by atoms with van der Waals surface area (Å²) in [5.41, 5.74) is 0.104. The van der Waals surface area contributed by atoms with Gasteiger partial charge in [0.05, 0.1) is 11.6 Å². The quantitative estimate of drug-likeness (QED) is 0.557. The third-order valence-electron chi connectivity index (χ3n) is 5.87. The Balaban J connectivity index is 0.000000709. The maximum absolute atomic E-state index is 14.2. The van der Waals surface area contributed by atoms with E-state index in [9.17, 15) is 18.7 Å². The number of nitrogens with one attached hydrogen (secondary N) is 2. The maximum atomic E-state index is 14.2. The van der Waals surface area contributed by atoms with E-state index in [0.29, 0.717) is 6.61 Å². The van der Waals surface area contributed by atoms with E-state index in [1.165, 1.54) is 24.3 Å². The highest BCUT2D eigenvalue weighted by Crippen LogP contribution is 2.35. The van der Waals surface area contributed by atoms with Crippen LogP contribution in [0.25, 0.3) is 11.1 Å². The highest BCUT2D eigenvalue weighted by molar-refractivity contribution is 5.96. The molecule has 33 heavy (non-hydrogen) atoms. The molecule has 0 saturated carbocycles. The average Bonchev–Trinajstić information content (AvgIpc) is 2.77. The average molecular weight is 462 g/mol. The number of piperidine rings is 1. The number of hydrogen-bond donors (Lipinski definition) is 4. The van der Waals surface area contributed by atoms with E-state index < -0.39 is 34.9 Å². The number of rotatable bonds is 3. The Hall–Kier alpha value is -3.04. The Morgan fingerprint density at radius 1 is 1.18 bits per heavy atom. The van der Waals surface area contributed by atoms with Gasteiger partial charge in [0.1, 0.15) is 5.82 Å². The van der Waals surface area contributed by atoms with E-state index >= 15 is 0 Å². The van der Waals surface area contributed by atoms with Gasteiger partial charge in [0, 0.05) is 24.7 Å². The van der Waals surface area contributed by atoms with Crippen molar-refractivity contribution in [3.05, 3.63) is 53.6 Å². The van der Waals surface area contributed by atoms with Gasteiger partial charge >= 0.3 is 0 Å². The van der Waals surface area contributed by atoms with Gasteiger partial charge in [-0.15, -0.1) is 0 Å². The number of carbonyl (C=O) groups is 2. The summed E-state index contributed by atoms with van der Waals surface area (Å²) in [5, 5.41) is 23.7. The van der Waals surface area contributed by atoms with Crippen molar-refractivity contribution in [1.82, 2.24) is 10.6 Å². The molecule has 9 heteroatoms. The molecular formula is C24H28F2N2O5. The highest BCUT2D eigenvalue weighted by Gasteiger charge is 2.43. The Bertz CT molecular complexity index is 996. The number of carboxylic acids is 1. The van der Waals surface area contributed by atoms with Crippen molar-refractivity contribution in [2.24, 2.45) is 0 Å². The molecule has 2 fully saturated rings. The second-order valence-corrected chi connectivity index (χ2v) is 8.22. The first kappa shape index (κ1) is 24.6. The van der Waals surface area contributed by atoms with Crippen LogP contribution >= 0.6 is 0 Å². The van der Waals surface area contributed by atoms with Crippen LogP contribution in [0.4, 0.5) is 8.78 Å². The van der Waals surface area contributed by atoms with Gasteiger partial charge in [-0.2, -0.15) is 0 Å². The van der Waals surface area contributed by atoms with Gasteiger partial charge < -0.3 is 25.6 Å². The fourth-order valence-electron chi connectivity index (χ4n) is 4.34. The zero-order valence-electron chi connectivity index (χ0n) is 18.4. The first-order valence-electron chi connectivity index (χ1n) is 10.9. The number of para-hydroxylation sites is 1. The summed E-state index contributed by atoms with van der Waals surface area (Å²) < 4.78 is 34.0. The van der Waals surface area contributed by atoms with Crippen LogP contribution in [0.1, 0.15) is 43.0 Å². The van der Waals surface area contributed by atoms with Crippen molar-refractivity contribution >= 4 is 11.9 Å². The molecule has 2 heterocycles. The molecule has 0 radical (unpaired) electrons. The van der Waals surface area contributed by atoms with Crippen molar-refractivity contribution in [2.75, 3.05) is 19.7 Å². The summed E-state index contributed by atoms with van der Waals surface area (Å²) in [6, 6.07) is 7.65. The minimum atomic E-state index is -0.833. The molecule has 2 aromatic carbocycles. The number of benzene rings is 2. The molecule has 0 bridgehead atoms. The highest BCUT2D eigenvalue weighted by atomic mass is 19.1. The predicted molar refractivity (Wildman–Crippen MR) is 118 cm³/mol. The lowest BCUT2D eigenvalue weighted by Crippen LogP contribution is -2.60. The fraction of sp³-hybridized carbons (Fsp3) is 0.417. The number of aliphatic carboxylic acids is 1. The minimum Gasteiger partial charge on any atom is -0.504 e. The molecule has 178 valence electrons. The maximum Gasteiger partial charge on any atom is 0.300 e. The van der Waals surface area contributed by atoms with Crippen LogP contribution < -0.4 is 10.6 Å². The van der Waals surface area contributed by atoms with Crippen molar-refractivity contribution < 1.29 is 33.3 Å². The van der Waals surface area contributed by atoms with Gasteiger partial charge in [0.2, 0.25) is 0 Å². The molecule has 4 rings (SSSR count). The number of phenols is 1. The van der Waals surface area contributed by atoms with Crippen LogP contribution in [0, 0.1) is 11.6 Å². The molecule has 4 N–H and O–H groups in total. The normalized spacial score (nSPS) is 19.3. The molecule has 0 aliphatic carbocycles. The molecule has 2 saturated heterocycles. The third-order valence-corrected chi connectivity index (χ3v) is 5.87. The van der Waals surface area contributed by atoms with Crippen molar-refractivity contribution in [1.29, 1.82) is 0 Å². The zero-order chi connectivity index (χ0) is 24.0. The number of halogens is 2. The van der Waals surface area contributed by atoms with E-state index in [4.69, 9.17) is 14.6 Å². The Morgan fingerprint density at radius 3 is 2.58 bits per heavy atom. The Labute approximate surface area is 190 Å². The fourth-order valence-corrected chi connectivity index (χ4v) is 4.34.